The van der Waals surface area contributed by atoms with Gasteiger partial charge in [-0.25, -0.2) is 0 Å². The number of ether oxygens (including phenoxy) is 2. The molecule has 0 aromatic carbocycles. The third-order valence-corrected chi connectivity index (χ3v) is 4.81. The minimum Gasteiger partial charge on any atom is -0.465 e. The van der Waals surface area contributed by atoms with Gasteiger partial charge in [0.15, 0.2) is 0 Å². The Balaban J connectivity index is 2.13. The Hall–Kier alpha value is -1.06. The van der Waals surface area contributed by atoms with Crippen LogP contribution in [0.1, 0.15) is 85.0 Å². The number of carbonyl (C=O) groups excluding carboxylic acids is 2. The maximum atomic E-state index is 12.1. The fraction of sp³-hybridized carbons (Fsp3) is 0.900. The van der Waals surface area contributed by atoms with Crippen LogP contribution in [0.3, 0.4) is 0 Å². The van der Waals surface area contributed by atoms with Gasteiger partial charge in [0, 0.05) is 0 Å². The van der Waals surface area contributed by atoms with Gasteiger partial charge in [-0.05, 0) is 50.9 Å². The Bertz CT molecular complexity index is 357. The molecule has 1 saturated carbocycles. The van der Waals surface area contributed by atoms with E-state index in [1.54, 1.807) is 0 Å². The average Bonchev–Trinajstić information content (AvgIpc) is 2.58. The summed E-state index contributed by atoms with van der Waals surface area (Å²) >= 11 is 0. The highest BCUT2D eigenvalue weighted by atomic mass is 16.5. The van der Waals surface area contributed by atoms with Crippen LogP contribution in [0.15, 0.2) is 0 Å². The van der Waals surface area contributed by atoms with E-state index in [9.17, 15) is 9.59 Å². The maximum Gasteiger partial charge on any atom is 0.308 e. The molecule has 24 heavy (non-hydrogen) atoms. The van der Waals surface area contributed by atoms with Crippen LogP contribution in [0.2, 0.25) is 0 Å². The second kappa shape index (κ2) is 12.3. The van der Waals surface area contributed by atoms with Gasteiger partial charge in [0.1, 0.15) is 0 Å². The molecule has 0 amide bonds. The Morgan fingerprint density at radius 3 is 1.71 bits per heavy atom. The Morgan fingerprint density at radius 2 is 1.29 bits per heavy atom. The van der Waals surface area contributed by atoms with E-state index in [0.717, 1.165) is 57.8 Å². The molecule has 0 spiro atoms. The number of unbranched alkanes of at least 4 members (excludes halogenated alkanes) is 3. The van der Waals surface area contributed by atoms with Gasteiger partial charge in [-0.2, -0.15) is 0 Å². The molecule has 1 rings (SSSR count). The molecule has 0 atom stereocenters. The topological polar surface area (TPSA) is 52.6 Å². The summed E-state index contributed by atoms with van der Waals surface area (Å²) in [5.41, 5.74) is 0. The lowest BCUT2D eigenvalue weighted by Crippen LogP contribution is -2.28. The van der Waals surface area contributed by atoms with Crippen LogP contribution in [-0.2, 0) is 19.1 Å². The largest absolute Gasteiger partial charge is 0.465 e. The van der Waals surface area contributed by atoms with E-state index in [0.29, 0.717) is 19.1 Å². The van der Waals surface area contributed by atoms with Crippen molar-refractivity contribution in [2.75, 3.05) is 13.2 Å². The van der Waals surface area contributed by atoms with Crippen LogP contribution < -0.4 is 0 Å². The lowest BCUT2D eigenvalue weighted by Gasteiger charge is -2.26. The number of esters is 2. The summed E-state index contributed by atoms with van der Waals surface area (Å²) < 4.78 is 10.7. The molecule has 1 aliphatic rings. The molecule has 140 valence electrons. The summed E-state index contributed by atoms with van der Waals surface area (Å²) in [6, 6.07) is 0. The molecular weight excluding hydrogens is 304 g/mol. The van der Waals surface area contributed by atoms with E-state index in [2.05, 4.69) is 20.8 Å². The van der Waals surface area contributed by atoms with Crippen molar-refractivity contribution >= 4 is 11.9 Å². The van der Waals surface area contributed by atoms with E-state index in [1.807, 2.05) is 0 Å². The lowest BCUT2D eigenvalue weighted by molar-refractivity contribution is -0.155. The maximum absolute atomic E-state index is 12.1. The first-order valence-electron chi connectivity index (χ1n) is 9.87. The van der Waals surface area contributed by atoms with E-state index >= 15 is 0 Å². The smallest absolute Gasteiger partial charge is 0.308 e. The highest BCUT2D eigenvalue weighted by Crippen LogP contribution is 2.30. The fourth-order valence-electron chi connectivity index (χ4n) is 3.15. The van der Waals surface area contributed by atoms with E-state index in [1.165, 1.54) is 6.42 Å². The Morgan fingerprint density at radius 1 is 0.833 bits per heavy atom. The van der Waals surface area contributed by atoms with Crippen LogP contribution in [0.25, 0.3) is 0 Å². The van der Waals surface area contributed by atoms with Crippen molar-refractivity contribution in [1.82, 2.24) is 0 Å². The van der Waals surface area contributed by atoms with Gasteiger partial charge in [0.2, 0.25) is 0 Å². The van der Waals surface area contributed by atoms with Crippen molar-refractivity contribution < 1.29 is 19.1 Å². The first kappa shape index (κ1) is 21.0. The number of carbonyl (C=O) groups is 2. The van der Waals surface area contributed by atoms with Crippen molar-refractivity contribution in [3.63, 3.8) is 0 Å². The Labute approximate surface area is 147 Å². The van der Waals surface area contributed by atoms with Gasteiger partial charge in [0.25, 0.3) is 0 Å². The molecule has 0 N–H and O–H groups in total. The van der Waals surface area contributed by atoms with E-state index < -0.39 is 0 Å². The zero-order valence-corrected chi connectivity index (χ0v) is 15.9. The van der Waals surface area contributed by atoms with Crippen LogP contribution in [-0.4, -0.2) is 25.2 Å². The molecule has 4 heteroatoms. The van der Waals surface area contributed by atoms with Crippen molar-refractivity contribution in [3.05, 3.63) is 0 Å². The summed E-state index contributed by atoms with van der Waals surface area (Å²) in [5, 5.41) is 0. The van der Waals surface area contributed by atoms with Crippen LogP contribution in [0.4, 0.5) is 0 Å². The molecule has 4 nitrogen and oxygen atoms in total. The van der Waals surface area contributed by atoms with Crippen molar-refractivity contribution in [2.24, 2.45) is 17.8 Å². The summed E-state index contributed by atoms with van der Waals surface area (Å²) in [5.74, 6) is 0.500. The summed E-state index contributed by atoms with van der Waals surface area (Å²) in [6.45, 7) is 7.61. The van der Waals surface area contributed by atoms with E-state index in [-0.39, 0.29) is 23.8 Å². The first-order valence-corrected chi connectivity index (χ1v) is 9.87. The predicted octanol–water partition coefficient (Wildman–Crippen LogP) is 4.90. The third-order valence-electron chi connectivity index (χ3n) is 4.81. The average molecular weight is 341 g/mol. The number of hydrogen-bond donors (Lipinski definition) is 0. The molecular formula is C20H36O4. The van der Waals surface area contributed by atoms with E-state index in [4.69, 9.17) is 9.47 Å². The van der Waals surface area contributed by atoms with Crippen molar-refractivity contribution in [1.29, 1.82) is 0 Å². The lowest BCUT2D eigenvalue weighted by atomic mass is 9.82. The zero-order chi connectivity index (χ0) is 17.8. The SMILES string of the molecule is CCCCCOC(=O)C1CCC(C(=O)OCCCCC(C)C)CC1. The monoisotopic (exact) mass is 340 g/mol. The zero-order valence-electron chi connectivity index (χ0n) is 15.9. The first-order chi connectivity index (χ1) is 11.5. The molecule has 0 heterocycles. The van der Waals surface area contributed by atoms with Gasteiger partial charge in [0.05, 0.1) is 25.0 Å². The van der Waals surface area contributed by atoms with Crippen LogP contribution in [0, 0.1) is 17.8 Å². The highest BCUT2D eigenvalue weighted by molar-refractivity contribution is 5.75. The molecule has 1 fully saturated rings. The van der Waals surface area contributed by atoms with Crippen LogP contribution >= 0.6 is 0 Å². The molecule has 0 radical (unpaired) electrons. The van der Waals surface area contributed by atoms with Gasteiger partial charge in [-0.1, -0.05) is 40.0 Å². The second-order valence-electron chi connectivity index (χ2n) is 7.48. The summed E-state index contributed by atoms with van der Waals surface area (Å²) in [6.07, 6.45) is 9.42. The predicted molar refractivity (Wildman–Crippen MR) is 95.6 cm³/mol. The minimum atomic E-state index is -0.0772. The number of rotatable bonds is 11. The van der Waals surface area contributed by atoms with Gasteiger partial charge >= 0.3 is 11.9 Å². The Kier molecular flexibility index (Phi) is 10.8. The van der Waals surface area contributed by atoms with Gasteiger partial charge in [-0.15, -0.1) is 0 Å². The molecule has 0 aromatic rings. The molecule has 0 unspecified atom stereocenters. The minimum absolute atomic E-state index is 0.0262. The molecule has 0 aliphatic heterocycles. The third kappa shape index (κ3) is 8.70. The van der Waals surface area contributed by atoms with Gasteiger partial charge < -0.3 is 9.47 Å². The fourth-order valence-corrected chi connectivity index (χ4v) is 3.15. The van der Waals surface area contributed by atoms with Crippen molar-refractivity contribution in [3.8, 4) is 0 Å². The molecule has 0 bridgehead atoms. The number of hydrogen-bond acceptors (Lipinski definition) is 4. The molecule has 0 saturated heterocycles. The standard InChI is InChI=1S/C20H36O4/c1-4-5-7-14-23-19(21)17-10-12-18(13-11-17)20(22)24-15-8-6-9-16(2)3/h16-18H,4-15H2,1-3H3. The van der Waals surface area contributed by atoms with Gasteiger partial charge in [-0.3, -0.25) is 9.59 Å². The van der Waals surface area contributed by atoms with Crippen molar-refractivity contribution in [2.45, 2.75) is 85.0 Å². The molecule has 0 aromatic heterocycles. The quantitative estimate of drug-likeness (QED) is 0.397. The van der Waals surface area contributed by atoms with Crippen LogP contribution in [0.5, 0.6) is 0 Å². The normalized spacial score (nSPS) is 20.8. The molecule has 1 aliphatic carbocycles. The highest BCUT2D eigenvalue weighted by Gasteiger charge is 2.31. The summed E-state index contributed by atoms with van der Waals surface area (Å²) in [7, 11) is 0. The second-order valence-corrected chi connectivity index (χ2v) is 7.48. The summed E-state index contributed by atoms with van der Waals surface area (Å²) in [4.78, 5) is 24.1.